The number of anilines is 1. The fourth-order valence-electron chi connectivity index (χ4n) is 2.59. The number of carbonyl (C=O) groups excluding carboxylic acids is 1. The highest BCUT2D eigenvalue weighted by Gasteiger charge is 2.19. The zero-order chi connectivity index (χ0) is 20.7. The Bertz CT molecular complexity index is 1250. The molecule has 0 radical (unpaired) electrons. The van der Waals surface area contributed by atoms with E-state index in [1.165, 1.54) is 11.8 Å². The zero-order valence-corrected chi connectivity index (χ0v) is 22.8. The van der Waals surface area contributed by atoms with Gasteiger partial charge in [-0.3, -0.25) is 4.79 Å². The molecular weight excluding hydrogens is 722 g/mol. The van der Waals surface area contributed by atoms with E-state index in [0.717, 1.165) is 33.3 Å². The molecule has 0 bridgehead atoms. The summed E-state index contributed by atoms with van der Waals surface area (Å²) in [5.74, 6) is -0.0599. The number of amides is 1. The predicted octanol–water partition coefficient (Wildman–Crippen LogP) is 7.05. The Labute approximate surface area is 211 Å². The van der Waals surface area contributed by atoms with Gasteiger partial charge in [0.05, 0.1) is 20.4 Å². The second-order valence-electron chi connectivity index (χ2n) is 5.74. The molecule has 0 aliphatic carbocycles. The number of hydrogen-bond donors (Lipinski definition) is 2. The second kappa shape index (κ2) is 8.91. The molecular formula is C17H8Br5N5OS. The van der Waals surface area contributed by atoms with Crippen molar-refractivity contribution >= 4 is 125 Å². The average molecular weight is 730 g/mol. The lowest BCUT2D eigenvalue weighted by Crippen LogP contribution is -2.15. The maximum atomic E-state index is 12.5. The van der Waals surface area contributed by atoms with Crippen LogP contribution in [0.25, 0.3) is 22.1 Å². The number of aromatic amines is 1. The number of benzene rings is 2. The topological polar surface area (TPSA) is 83.6 Å². The van der Waals surface area contributed by atoms with Crippen LogP contribution >= 0.6 is 91.4 Å². The molecule has 12 heteroatoms. The first-order valence-corrected chi connectivity index (χ1v) is 12.9. The molecule has 0 atom stereocenters. The van der Waals surface area contributed by atoms with E-state index in [2.05, 4.69) is 105 Å². The fourth-order valence-corrected chi connectivity index (χ4v) is 6.42. The van der Waals surface area contributed by atoms with E-state index in [4.69, 9.17) is 0 Å². The molecule has 29 heavy (non-hydrogen) atoms. The number of nitrogens with zero attached hydrogens (tertiary/aromatic N) is 3. The molecule has 0 aliphatic heterocycles. The summed E-state index contributed by atoms with van der Waals surface area (Å²) in [5, 5.41) is 12.7. The molecule has 0 saturated carbocycles. The van der Waals surface area contributed by atoms with Crippen molar-refractivity contribution in [2.75, 3.05) is 11.1 Å². The Morgan fingerprint density at radius 2 is 1.62 bits per heavy atom. The van der Waals surface area contributed by atoms with Crippen LogP contribution < -0.4 is 5.32 Å². The van der Waals surface area contributed by atoms with Gasteiger partial charge in [0.25, 0.3) is 0 Å². The zero-order valence-electron chi connectivity index (χ0n) is 14.1. The van der Waals surface area contributed by atoms with Gasteiger partial charge in [0.1, 0.15) is 5.52 Å². The van der Waals surface area contributed by atoms with Crippen LogP contribution in [0.5, 0.6) is 0 Å². The fraction of sp³-hybridized carbons (Fsp3) is 0.0588. The van der Waals surface area contributed by atoms with E-state index in [9.17, 15) is 4.79 Å². The average Bonchev–Trinajstić information content (AvgIpc) is 3.10. The quantitative estimate of drug-likeness (QED) is 0.134. The lowest BCUT2D eigenvalue weighted by Gasteiger charge is -2.14. The molecule has 0 spiro atoms. The highest BCUT2D eigenvalue weighted by molar-refractivity contribution is 9.15. The number of rotatable bonds is 4. The van der Waals surface area contributed by atoms with Crippen LogP contribution in [0.15, 0.2) is 51.8 Å². The van der Waals surface area contributed by atoms with E-state index in [0.29, 0.717) is 22.0 Å². The summed E-state index contributed by atoms with van der Waals surface area (Å²) in [6.07, 6.45) is 0. The number of halogens is 5. The summed E-state index contributed by atoms with van der Waals surface area (Å²) in [6.45, 7) is 0. The molecule has 0 aliphatic rings. The van der Waals surface area contributed by atoms with Gasteiger partial charge >= 0.3 is 0 Å². The largest absolute Gasteiger partial charge is 0.338 e. The normalized spacial score (nSPS) is 11.3. The molecule has 0 unspecified atom stereocenters. The van der Waals surface area contributed by atoms with Crippen molar-refractivity contribution < 1.29 is 4.79 Å². The van der Waals surface area contributed by atoms with Gasteiger partial charge in [-0.05, 0) is 85.7 Å². The number of carbonyl (C=O) groups is 1. The number of fused-ring (bicyclic) bond motifs is 3. The van der Waals surface area contributed by atoms with Gasteiger partial charge in [-0.15, -0.1) is 10.2 Å². The standard InChI is InChI=1S/C17H8Br5N5OS/c18-9-10(19)12(21)15(13(22)11(9)20)24-8(28)5-29-17-25-16-14(26-27-17)6-3-1-2-4-7(6)23-16/h1-4H,5H2,(H,24,28)(H,23,25,27). The number of para-hydroxylation sites is 1. The minimum atomic E-state index is -0.196. The Balaban J connectivity index is 1.51. The molecule has 6 nitrogen and oxygen atoms in total. The van der Waals surface area contributed by atoms with Crippen LogP contribution in [-0.4, -0.2) is 31.8 Å². The summed E-state index contributed by atoms with van der Waals surface area (Å²) >= 11 is 18.7. The van der Waals surface area contributed by atoms with Crippen molar-refractivity contribution in [2.45, 2.75) is 5.16 Å². The highest BCUT2D eigenvalue weighted by atomic mass is 79.9. The first-order valence-electron chi connectivity index (χ1n) is 7.92. The maximum Gasteiger partial charge on any atom is 0.234 e. The lowest BCUT2D eigenvalue weighted by molar-refractivity contribution is -0.113. The molecule has 2 aromatic heterocycles. The Kier molecular flexibility index (Phi) is 6.67. The Morgan fingerprint density at radius 1 is 0.966 bits per heavy atom. The van der Waals surface area contributed by atoms with Crippen molar-refractivity contribution in [2.24, 2.45) is 0 Å². The second-order valence-corrected chi connectivity index (χ2v) is 10.7. The SMILES string of the molecule is O=C(CSc1nnc2c(n1)[nH]c1ccccc12)Nc1c(Br)c(Br)c(Br)c(Br)c1Br. The summed E-state index contributed by atoms with van der Waals surface area (Å²) in [5.41, 5.74) is 2.93. The number of hydrogen-bond acceptors (Lipinski definition) is 5. The number of thioether (sulfide) groups is 1. The Morgan fingerprint density at radius 3 is 2.34 bits per heavy atom. The first kappa shape index (κ1) is 21.7. The number of H-pyrrole nitrogens is 1. The van der Waals surface area contributed by atoms with Crippen LogP contribution in [0.2, 0.25) is 0 Å². The predicted molar refractivity (Wildman–Crippen MR) is 133 cm³/mol. The van der Waals surface area contributed by atoms with E-state index in [1.807, 2.05) is 24.3 Å². The smallest absolute Gasteiger partial charge is 0.234 e. The van der Waals surface area contributed by atoms with Crippen LogP contribution in [0, 0.1) is 0 Å². The minimum absolute atomic E-state index is 0.137. The van der Waals surface area contributed by atoms with Crippen LogP contribution in [0.4, 0.5) is 5.69 Å². The minimum Gasteiger partial charge on any atom is -0.338 e. The van der Waals surface area contributed by atoms with Gasteiger partial charge in [0, 0.05) is 24.3 Å². The third kappa shape index (κ3) is 4.29. The van der Waals surface area contributed by atoms with Crippen molar-refractivity contribution in [1.29, 1.82) is 0 Å². The lowest BCUT2D eigenvalue weighted by atomic mass is 10.2. The molecule has 2 aromatic carbocycles. The van der Waals surface area contributed by atoms with Crippen molar-refractivity contribution in [3.8, 4) is 0 Å². The first-order chi connectivity index (χ1) is 13.9. The molecule has 4 rings (SSSR count). The maximum absolute atomic E-state index is 12.5. The van der Waals surface area contributed by atoms with Crippen molar-refractivity contribution in [3.05, 3.63) is 46.6 Å². The third-order valence-electron chi connectivity index (χ3n) is 3.91. The number of nitrogens with one attached hydrogen (secondary N) is 2. The highest BCUT2D eigenvalue weighted by Crippen LogP contribution is 2.47. The molecule has 0 saturated heterocycles. The molecule has 2 N–H and O–H groups in total. The van der Waals surface area contributed by atoms with Crippen molar-refractivity contribution in [3.63, 3.8) is 0 Å². The third-order valence-corrected chi connectivity index (χ3v) is 10.8. The van der Waals surface area contributed by atoms with Crippen LogP contribution in [0.3, 0.4) is 0 Å². The van der Waals surface area contributed by atoms with E-state index in [1.54, 1.807) is 0 Å². The van der Waals surface area contributed by atoms with Crippen LogP contribution in [-0.2, 0) is 4.79 Å². The number of aromatic nitrogens is 4. The summed E-state index contributed by atoms with van der Waals surface area (Å²) < 4.78 is 3.83. The Hall–Kier alpha value is -0.530. The van der Waals surface area contributed by atoms with E-state index >= 15 is 0 Å². The van der Waals surface area contributed by atoms with Crippen molar-refractivity contribution in [1.82, 2.24) is 20.2 Å². The summed E-state index contributed by atoms with van der Waals surface area (Å²) in [6, 6.07) is 7.82. The molecule has 1 amide bonds. The molecule has 0 fully saturated rings. The molecule has 4 aromatic rings. The molecule has 148 valence electrons. The van der Waals surface area contributed by atoms with Gasteiger partial charge in [0.15, 0.2) is 5.65 Å². The van der Waals surface area contributed by atoms with Crippen LogP contribution in [0.1, 0.15) is 0 Å². The monoisotopic (exact) mass is 725 g/mol. The van der Waals surface area contributed by atoms with Gasteiger partial charge in [-0.25, -0.2) is 4.98 Å². The molecule has 2 heterocycles. The summed E-state index contributed by atoms with van der Waals surface area (Å²) in [7, 11) is 0. The van der Waals surface area contributed by atoms with E-state index < -0.39 is 0 Å². The summed E-state index contributed by atoms with van der Waals surface area (Å²) in [4.78, 5) is 20.2. The van der Waals surface area contributed by atoms with Gasteiger partial charge < -0.3 is 10.3 Å². The van der Waals surface area contributed by atoms with Gasteiger partial charge in [0.2, 0.25) is 11.1 Å². The van der Waals surface area contributed by atoms with E-state index in [-0.39, 0.29) is 11.7 Å². The van der Waals surface area contributed by atoms with Gasteiger partial charge in [-0.2, -0.15) is 0 Å². The van der Waals surface area contributed by atoms with Gasteiger partial charge in [-0.1, -0.05) is 30.0 Å².